The quantitative estimate of drug-likeness (QED) is 0.378. The van der Waals surface area contributed by atoms with Crippen molar-refractivity contribution in [3.05, 3.63) is 83.6 Å². The number of nitriles is 1. The van der Waals surface area contributed by atoms with E-state index in [0.29, 0.717) is 11.5 Å². The van der Waals surface area contributed by atoms with Gasteiger partial charge in [-0.25, -0.2) is 4.79 Å². The molecule has 6 nitrogen and oxygen atoms in total. The maximum atomic E-state index is 12.6. The van der Waals surface area contributed by atoms with Crippen molar-refractivity contribution >= 4 is 23.6 Å². The number of ether oxygens (including phenoxy) is 1. The number of rotatable bonds is 6. The van der Waals surface area contributed by atoms with Crippen LogP contribution in [0.3, 0.4) is 0 Å². The van der Waals surface area contributed by atoms with Gasteiger partial charge in [-0.15, -0.1) is 0 Å². The van der Waals surface area contributed by atoms with Crippen LogP contribution in [0.25, 0.3) is 17.4 Å². The molecule has 0 fully saturated rings. The third kappa shape index (κ3) is 4.79. The zero-order chi connectivity index (χ0) is 20.6. The van der Waals surface area contributed by atoms with Crippen LogP contribution in [-0.2, 0) is 9.53 Å². The van der Waals surface area contributed by atoms with E-state index in [9.17, 15) is 14.9 Å². The molecule has 1 N–H and O–H groups in total. The normalized spacial score (nSPS) is 10.8. The summed E-state index contributed by atoms with van der Waals surface area (Å²) in [5.41, 5.74) is 1.21. The number of esters is 1. The Balaban J connectivity index is 1.81. The zero-order valence-corrected chi connectivity index (χ0v) is 15.7. The van der Waals surface area contributed by atoms with Crippen LogP contribution in [0.2, 0.25) is 0 Å². The first-order chi connectivity index (χ1) is 14.1. The van der Waals surface area contributed by atoms with Crippen LogP contribution in [-0.4, -0.2) is 18.5 Å². The van der Waals surface area contributed by atoms with Crippen LogP contribution in [0.5, 0.6) is 0 Å². The van der Waals surface area contributed by atoms with Crippen molar-refractivity contribution in [2.45, 2.75) is 6.92 Å². The van der Waals surface area contributed by atoms with Gasteiger partial charge in [0.15, 0.2) is 0 Å². The highest BCUT2D eigenvalue weighted by atomic mass is 16.5. The predicted molar refractivity (Wildman–Crippen MR) is 109 cm³/mol. The zero-order valence-electron chi connectivity index (χ0n) is 15.7. The minimum atomic E-state index is -0.651. The molecule has 0 aliphatic carbocycles. The number of nitrogens with one attached hydrogen (secondary N) is 1. The molecule has 0 unspecified atom stereocenters. The third-order valence-corrected chi connectivity index (χ3v) is 4.01. The Morgan fingerprint density at radius 1 is 1.07 bits per heavy atom. The molecule has 6 heteroatoms. The number of nitrogens with zero attached hydrogens (tertiary/aromatic N) is 1. The lowest BCUT2D eigenvalue weighted by Crippen LogP contribution is -2.17. The number of carbonyl (C=O) groups is 2. The summed E-state index contributed by atoms with van der Waals surface area (Å²) in [4.78, 5) is 24.6. The summed E-state index contributed by atoms with van der Waals surface area (Å²) in [6.45, 7) is 1.91. The van der Waals surface area contributed by atoms with Crippen molar-refractivity contribution in [1.82, 2.24) is 0 Å². The van der Waals surface area contributed by atoms with Gasteiger partial charge in [-0.05, 0) is 31.2 Å². The Labute approximate surface area is 168 Å². The third-order valence-electron chi connectivity index (χ3n) is 4.01. The first-order valence-corrected chi connectivity index (χ1v) is 8.97. The van der Waals surface area contributed by atoms with Crippen molar-refractivity contribution < 1.29 is 18.7 Å². The minimum Gasteiger partial charge on any atom is -0.462 e. The second-order valence-electron chi connectivity index (χ2n) is 5.96. The smallest absolute Gasteiger partial charge is 0.340 e. The van der Waals surface area contributed by atoms with E-state index in [-0.39, 0.29) is 23.4 Å². The number of benzene rings is 2. The Hall–Kier alpha value is -4.11. The fourth-order valence-corrected chi connectivity index (χ4v) is 2.65. The molecule has 0 spiro atoms. The summed E-state index contributed by atoms with van der Waals surface area (Å²) < 4.78 is 10.7. The van der Waals surface area contributed by atoms with Crippen molar-refractivity contribution in [3.63, 3.8) is 0 Å². The topological polar surface area (TPSA) is 92.3 Å². The molecule has 0 atom stereocenters. The Morgan fingerprint density at radius 3 is 2.52 bits per heavy atom. The van der Waals surface area contributed by atoms with E-state index in [0.717, 1.165) is 5.56 Å². The van der Waals surface area contributed by atoms with Gasteiger partial charge >= 0.3 is 5.97 Å². The number of hydrogen-bond donors (Lipinski definition) is 1. The Bertz CT molecular complexity index is 1090. The SMILES string of the molecule is CCOC(=O)c1ccccc1NC(=O)/C(C#N)=C/c1ccc(-c2ccccc2)o1. The van der Waals surface area contributed by atoms with Gasteiger partial charge < -0.3 is 14.5 Å². The molecule has 1 amide bonds. The molecule has 3 rings (SSSR count). The highest BCUT2D eigenvalue weighted by molar-refractivity contribution is 6.11. The highest BCUT2D eigenvalue weighted by Gasteiger charge is 2.17. The first-order valence-electron chi connectivity index (χ1n) is 8.97. The maximum Gasteiger partial charge on any atom is 0.340 e. The molecule has 29 heavy (non-hydrogen) atoms. The first kappa shape index (κ1) is 19.6. The lowest BCUT2D eigenvalue weighted by Gasteiger charge is -2.09. The van der Waals surface area contributed by atoms with Crippen LogP contribution in [0.4, 0.5) is 5.69 Å². The lowest BCUT2D eigenvalue weighted by atomic mass is 10.1. The Morgan fingerprint density at radius 2 is 1.79 bits per heavy atom. The molecule has 0 aliphatic heterocycles. The summed E-state index contributed by atoms with van der Waals surface area (Å²) in [6.07, 6.45) is 1.36. The van der Waals surface area contributed by atoms with Gasteiger partial charge in [-0.2, -0.15) is 5.26 Å². The number of hydrogen-bond acceptors (Lipinski definition) is 5. The van der Waals surface area contributed by atoms with Crippen molar-refractivity contribution in [3.8, 4) is 17.4 Å². The molecule has 144 valence electrons. The molecule has 2 aromatic carbocycles. The molecular formula is C23H18N2O4. The van der Waals surface area contributed by atoms with Gasteiger partial charge in [0.05, 0.1) is 17.9 Å². The largest absolute Gasteiger partial charge is 0.462 e. The molecule has 0 radical (unpaired) electrons. The second-order valence-corrected chi connectivity index (χ2v) is 5.96. The van der Waals surface area contributed by atoms with Gasteiger partial charge in [0, 0.05) is 11.6 Å². The highest BCUT2D eigenvalue weighted by Crippen LogP contribution is 2.23. The molecule has 1 aromatic heterocycles. The van der Waals surface area contributed by atoms with E-state index in [1.165, 1.54) is 6.08 Å². The number of carbonyl (C=O) groups excluding carboxylic acids is 2. The van der Waals surface area contributed by atoms with Gasteiger partial charge in [0.25, 0.3) is 5.91 Å². The van der Waals surface area contributed by atoms with Crippen molar-refractivity contribution in [1.29, 1.82) is 5.26 Å². The Kier molecular flexibility index (Phi) is 6.23. The summed E-state index contributed by atoms with van der Waals surface area (Å²) in [5, 5.41) is 12.0. The number of amides is 1. The van der Waals surface area contributed by atoms with Crippen molar-refractivity contribution in [2.24, 2.45) is 0 Å². The van der Waals surface area contributed by atoms with Crippen LogP contribution < -0.4 is 5.32 Å². The summed E-state index contributed by atoms with van der Waals surface area (Å²) >= 11 is 0. The van der Waals surface area contributed by atoms with E-state index in [2.05, 4.69) is 5.32 Å². The van der Waals surface area contributed by atoms with Gasteiger partial charge in [0.2, 0.25) is 0 Å². The molecular weight excluding hydrogens is 368 g/mol. The van der Waals surface area contributed by atoms with E-state index in [4.69, 9.17) is 9.15 Å². The van der Waals surface area contributed by atoms with E-state index in [1.54, 1.807) is 43.3 Å². The fraction of sp³-hybridized carbons (Fsp3) is 0.0870. The van der Waals surface area contributed by atoms with Gasteiger partial charge in [-0.3, -0.25) is 4.79 Å². The monoisotopic (exact) mass is 386 g/mol. The van der Waals surface area contributed by atoms with Crippen LogP contribution >= 0.6 is 0 Å². The maximum absolute atomic E-state index is 12.6. The predicted octanol–water partition coefficient (Wildman–Crippen LogP) is 4.67. The van der Waals surface area contributed by atoms with Gasteiger partial charge in [0.1, 0.15) is 23.2 Å². The molecule has 0 saturated heterocycles. The number of para-hydroxylation sites is 1. The number of furan rings is 1. The summed E-state index contributed by atoms with van der Waals surface area (Å²) in [5.74, 6) is -0.206. The molecule has 3 aromatic rings. The van der Waals surface area contributed by atoms with E-state index >= 15 is 0 Å². The molecule has 0 aliphatic rings. The van der Waals surface area contributed by atoms with E-state index in [1.807, 2.05) is 36.4 Å². The van der Waals surface area contributed by atoms with Crippen molar-refractivity contribution in [2.75, 3.05) is 11.9 Å². The van der Waals surface area contributed by atoms with Crippen LogP contribution in [0.15, 0.2) is 76.7 Å². The lowest BCUT2D eigenvalue weighted by molar-refractivity contribution is -0.112. The summed E-state index contributed by atoms with van der Waals surface area (Å²) in [6, 6.07) is 21.2. The molecule has 0 saturated carbocycles. The fourth-order valence-electron chi connectivity index (χ4n) is 2.65. The van der Waals surface area contributed by atoms with E-state index < -0.39 is 11.9 Å². The minimum absolute atomic E-state index is 0.155. The van der Waals surface area contributed by atoms with Gasteiger partial charge in [-0.1, -0.05) is 42.5 Å². The molecule has 1 heterocycles. The standard InChI is InChI=1S/C23H18N2O4/c1-2-28-23(27)19-10-6-7-11-20(19)25-22(26)17(15-24)14-18-12-13-21(29-18)16-8-4-3-5-9-16/h3-14H,2H2,1H3,(H,25,26)/b17-14+. The average Bonchev–Trinajstić information content (AvgIpc) is 3.22. The van der Waals surface area contributed by atoms with Crippen LogP contribution in [0, 0.1) is 11.3 Å². The molecule has 0 bridgehead atoms. The van der Waals surface area contributed by atoms with Crippen LogP contribution in [0.1, 0.15) is 23.0 Å². The number of anilines is 1. The average molecular weight is 386 g/mol. The summed E-state index contributed by atoms with van der Waals surface area (Å²) in [7, 11) is 0. The second kappa shape index (κ2) is 9.20.